The molecule has 0 amide bonds. The van der Waals surface area contributed by atoms with E-state index in [1.165, 1.54) is 180 Å². The van der Waals surface area contributed by atoms with Gasteiger partial charge in [0, 0.05) is 0 Å². The molecule has 0 spiro atoms. The third kappa shape index (κ3) is 28.1. The van der Waals surface area contributed by atoms with Crippen LogP contribution in [-0.4, -0.2) is 25.2 Å². The molecule has 1 aliphatic carbocycles. The minimum atomic E-state index is -1.04. The highest BCUT2D eigenvalue weighted by Gasteiger charge is 2.50. The van der Waals surface area contributed by atoms with E-state index in [9.17, 15) is 9.59 Å². The van der Waals surface area contributed by atoms with Crippen molar-refractivity contribution in [1.29, 1.82) is 0 Å². The molecule has 0 radical (unpaired) electrons. The van der Waals surface area contributed by atoms with Crippen molar-refractivity contribution in [3.8, 4) is 0 Å². The van der Waals surface area contributed by atoms with E-state index in [2.05, 4.69) is 27.7 Å². The molecule has 0 heterocycles. The first kappa shape index (κ1) is 48.0. The standard InChI is InChI=1S/C47H90O4/c1-43(2)37-31-27-23-19-15-11-7-5-9-13-17-21-25-29-35-41-50-45(48)47(39-33-34-40-47)46(49)51-42-36-30-26-22-18-14-10-6-8-12-16-20-24-28-32-38-44(3)4/h43-44H,5-42H2,1-4H3. The summed E-state index contributed by atoms with van der Waals surface area (Å²) in [4.78, 5) is 26.1. The maximum atomic E-state index is 13.1. The van der Waals surface area contributed by atoms with Gasteiger partial charge in [0.05, 0.1) is 13.2 Å². The minimum Gasteiger partial charge on any atom is -0.465 e. The molecule has 1 aliphatic rings. The fourth-order valence-corrected chi connectivity index (χ4v) is 7.98. The van der Waals surface area contributed by atoms with Gasteiger partial charge in [0.25, 0.3) is 0 Å². The second-order valence-electron chi connectivity index (χ2n) is 17.5. The molecule has 0 N–H and O–H groups in total. The fraction of sp³-hybridized carbons (Fsp3) is 0.957. The van der Waals surface area contributed by atoms with Gasteiger partial charge in [-0.05, 0) is 37.5 Å². The van der Waals surface area contributed by atoms with Crippen molar-refractivity contribution in [2.45, 2.75) is 259 Å². The lowest BCUT2D eigenvalue weighted by Gasteiger charge is -2.24. The van der Waals surface area contributed by atoms with Crippen LogP contribution < -0.4 is 0 Å². The Hall–Kier alpha value is -1.06. The van der Waals surface area contributed by atoms with E-state index in [1.54, 1.807) is 0 Å². The van der Waals surface area contributed by atoms with Crippen LogP contribution in [0.3, 0.4) is 0 Å². The number of rotatable bonds is 38. The third-order valence-corrected chi connectivity index (χ3v) is 11.6. The summed E-state index contributed by atoms with van der Waals surface area (Å²) in [6.07, 6.45) is 45.5. The second kappa shape index (κ2) is 34.7. The summed E-state index contributed by atoms with van der Waals surface area (Å²) >= 11 is 0. The zero-order chi connectivity index (χ0) is 37.1. The Morgan fingerprint density at radius 2 is 0.588 bits per heavy atom. The van der Waals surface area contributed by atoms with Crippen LogP contribution >= 0.6 is 0 Å². The topological polar surface area (TPSA) is 52.6 Å². The van der Waals surface area contributed by atoms with Crippen LogP contribution in [0.5, 0.6) is 0 Å². The summed E-state index contributed by atoms with van der Waals surface area (Å²) in [5.41, 5.74) is -1.04. The van der Waals surface area contributed by atoms with Gasteiger partial charge >= 0.3 is 11.9 Å². The van der Waals surface area contributed by atoms with E-state index in [4.69, 9.17) is 9.47 Å². The molecule has 1 fully saturated rings. The molecule has 1 rings (SSSR count). The quantitative estimate of drug-likeness (QED) is 0.0362. The highest BCUT2D eigenvalue weighted by atomic mass is 16.6. The largest absolute Gasteiger partial charge is 0.465 e. The van der Waals surface area contributed by atoms with E-state index >= 15 is 0 Å². The summed E-state index contributed by atoms with van der Waals surface area (Å²) in [6, 6.07) is 0. The van der Waals surface area contributed by atoms with Crippen LogP contribution in [0.2, 0.25) is 0 Å². The van der Waals surface area contributed by atoms with Crippen LogP contribution in [0.1, 0.15) is 259 Å². The van der Waals surface area contributed by atoms with Crippen LogP contribution in [-0.2, 0) is 19.1 Å². The number of carbonyl (C=O) groups is 2. The summed E-state index contributed by atoms with van der Waals surface area (Å²) in [5.74, 6) is 1.07. The van der Waals surface area contributed by atoms with Crippen LogP contribution in [0.15, 0.2) is 0 Å². The van der Waals surface area contributed by atoms with Crippen molar-refractivity contribution in [2.75, 3.05) is 13.2 Å². The van der Waals surface area contributed by atoms with Gasteiger partial charge in [0.1, 0.15) is 0 Å². The molecule has 51 heavy (non-hydrogen) atoms. The van der Waals surface area contributed by atoms with Crippen molar-refractivity contribution < 1.29 is 19.1 Å². The van der Waals surface area contributed by atoms with Crippen LogP contribution in [0, 0.1) is 17.3 Å². The summed E-state index contributed by atoms with van der Waals surface area (Å²) in [6.45, 7) is 10.2. The fourth-order valence-electron chi connectivity index (χ4n) is 7.98. The van der Waals surface area contributed by atoms with Crippen LogP contribution in [0.4, 0.5) is 0 Å². The van der Waals surface area contributed by atoms with Gasteiger partial charge in [-0.1, -0.05) is 233 Å². The van der Waals surface area contributed by atoms with E-state index in [-0.39, 0.29) is 11.9 Å². The van der Waals surface area contributed by atoms with Gasteiger partial charge in [-0.2, -0.15) is 0 Å². The number of hydrogen-bond acceptors (Lipinski definition) is 4. The normalized spacial score (nSPS) is 14.2. The number of ether oxygens (including phenoxy) is 2. The predicted octanol–water partition coefficient (Wildman–Crippen LogP) is 15.4. The molecule has 4 nitrogen and oxygen atoms in total. The summed E-state index contributed by atoms with van der Waals surface area (Å²) < 4.78 is 11.4. The average molecular weight is 719 g/mol. The van der Waals surface area contributed by atoms with Crippen LogP contribution in [0.25, 0.3) is 0 Å². The van der Waals surface area contributed by atoms with Gasteiger partial charge in [0.15, 0.2) is 5.41 Å². The highest BCUT2D eigenvalue weighted by molar-refractivity contribution is 6.00. The number of carbonyl (C=O) groups excluding carboxylic acids is 2. The Bertz CT molecular complexity index is 710. The van der Waals surface area contributed by atoms with Crippen molar-refractivity contribution in [3.05, 3.63) is 0 Å². The molecule has 302 valence electrons. The van der Waals surface area contributed by atoms with Crippen molar-refractivity contribution in [2.24, 2.45) is 17.3 Å². The molecular formula is C47H90O4. The lowest BCUT2D eigenvalue weighted by atomic mass is 9.86. The van der Waals surface area contributed by atoms with Gasteiger partial charge in [-0.15, -0.1) is 0 Å². The first-order valence-corrected chi connectivity index (χ1v) is 23.2. The Labute approximate surface area is 319 Å². The summed E-state index contributed by atoms with van der Waals surface area (Å²) in [7, 11) is 0. The Morgan fingerprint density at radius 3 is 0.824 bits per heavy atom. The molecular weight excluding hydrogens is 629 g/mol. The summed E-state index contributed by atoms with van der Waals surface area (Å²) in [5, 5.41) is 0. The lowest BCUT2D eigenvalue weighted by Crippen LogP contribution is -2.40. The molecule has 0 aromatic heterocycles. The van der Waals surface area contributed by atoms with E-state index < -0.39 is 5.41 Å². The molecule has 0 aromatic rings. The highest BCUT2D eigenvalue weighted by Crippen LogP contribution is 2.40. The molecule has 0 aromatic carbocycles. The van der Waals surface area contributed by atoms with E-state index in [0.717, 1.165) is 50.4 Å². The maximum absolute atomic E-state index is 13.1. The smallest absolute Gasteiger partial charge is 0.323 e. The first-order valence-electron chi connectivity index (χ1n) is 23.2. The zero-order valence-electron chi connectivity index (χ0n) is 35.2. The molecule has 0 unspecified atom stereocenters. The molecule has 0 atom stereocenters. The van der Waals surface area contributed by atoms with E-state index in [0.29, 0.717) is 26.1 Å². The molecule has 0 saturated heterocycles. The molecule has 4 heteroatoms. The average Bonchev–Trinajstić information content (AvgIpc) is 3.62. The van der Waals surface area contributed by atoms with Gasteiger partial charge in [0.2, 0.25) is 0 Å². The van der Waals surface area contributed by atoms with Crippen molar-refractivity contribution in [3.63, 3.8) is 0 Å². The second-order valence-corrected chi connectivity index (χ2v) is 17.5. The van der Waals surface area contributed by atoms with Gasteiger partial charge in [-0.3, -0.25) is 9.59 Å². The SMILES string of the molecule is CC(C)CCCCCCCCCCCCCCCCCOC(=O)C1(C(=O)OCCCCCCCCCCCCCCCCCC(C)C)CCCC1. The molecule has 0 aliphatic heterocycles. The van der Waals surface area contributed by atoms with Crippen molar-refractivity contribution in [1.82, 2.24) is 0 Å². The maximum Gasteiger partial charge on any atom is 0.323 e. The van der Waals surface area contributed by atoms with E-state index in [1.807, 2.05) is 0 Å². The Kier molecular flexibility index (Phi) is 32.6. The minimum absolute atomic E-state index is 0.326. The number of esters is 2. The Morgan fingerprint density at radius 1 is 0.373 bits per heavy atom. The van der Waals surface area contributed by atoms with Gasteiger partial charge < -0.3 is 9.47 Å². The molecule has 1 saturated carbocycles. The lowest BCUT2D eigenvalue weighted by molar-refractivity contribution is -0.172. The number of hydrogen-bond donors (Lipinski definition) is 0. The Balaban J connectivity index is 1.93. The van der Waals surface area contributed by atoms with Crippen molar-refractivity contribution >= 4 is 11.9 Å². The van der Waals surface area contributed by atoms with Gasteiger partial charge in [-0.25, -0.2) is 0 Å². The third-order valence-electron chi connectivity index (χ3n) is 11.6. The first-order chi connectivity index (χ1) is 24.9. The zero-order valence-corrected chi connectivity index (χ0v) is 35.2. The number of unbranched alkanes of at least 4 members (excludes halogenated alkanes) is 28. The predicted molar refractivity (Wildman–Crippen MR) is 220 cm³/mol. The molecule has 0 bridgehead atoms. The monoisotopic (exact) mass is 719 g/mol.